The fourth-order valence-corrected chi connectivity index (χ4v) is 9.20. The maximum atomic E-state index is 13.5. The minimum atomic E-state index is -0.520. The second-order valence-corrected chi connectivity index (χ2v) is 20.6. The van der Waals surface area contributed by atoms with Gasteiger partial charge in [-0.25, -0.2) is 9.59 Å². The lowest BCUT2D eigenvalue weighted by Crippen LogP contribution is -2.11. The molecule has 0 spiro atoms. The average Bonchev–Trinajstić information content (AvgIpc) is 3.44. The fourth-order valence-electron chi connectivity index (χ4n) is 9.20. The summed E-state index contributed by atoms with van der Waals surface area (Å²) < 4.78 is 23.8. The Bertz CT molecular complexity index is 2370. The molecule has 0 bridgehead atoms. The van der Waals surface area contributed by atoms with E-state index in [-0.39, 0.29) is 5.75 Å². The number of unbranched alkanes of at least 4 members (excludes halogenated alkanes) is 25. The predicted octanol–water partition coefficient (Wildman–Crippen LogP) is 19.9. The highest BCUT2D eigenvalue weighted by Crippen LogP contribution is 2.29. The van der Waals surface area contributed by atoms with Gasteiger partial charge >= 0.3 is 11.9 Å². The van der Waals surface area contributed by atoms with Crippen molar-refractivity contribution in [2.24, 2.45) is 9.98 Å². The first-order valence-electron chi connectivity index (χ1n) is 29.7. The molecule has 5 rings (SSSR count). The van der Waals surface area contributed by atoms with Crippen LogP contribution >= 0.6 is 0 Å². The van der Waals surface area contributed by atoms with Crippen molar-refractivity contribution in [3.05, 3.63) is 143 Å². The Morgan fingerprint density at radius 3 is 1.11 bits per heavy atom. The molecule has 0 aliphatic carbocycles. The van der Waals surface area contributed by atoms with Gasteiger partial charge in [0, 0.05) is 18.5 Å². The highest BCUT2D eigenvalue weighted by molar-refractivity contribution is 5.93. The summed E-state index contributed by atoms with van der Waals surface area (Å²) in [5.41, 5.74) is 4.98. The second kappa shape index (κ2) is 38.5. The van der Waals surface area contributed by atoms with Gasteiger partial charge in [0.05, 0.1) is 35.7 Å². The van der Waals surface area contributed by atoms with Gasteiger partial charge in [-0.05, 0) is 146 Å². The Labute approximate surface area is 458 Å². The third kappa shape index (κ3) is 25.7. The SMILES string of the molecule is CCCCCCCCCCCCCCOc1ccc(C=Nc2ccc(C(=O)Oc3ccc(CCCCCC)c(OC(=O)c4ccc(N=Cc5ccc(OCCCCCCCCCCCCCC)cc5)cc4)c3)cc2)cc1. The van der Waals surface area contributed by atoms with Gasteiger partial charge in [0.2, 0.25) is 0 Å². The Balaban J connectivity index is 1.03. The van der Waals surface area contributed by atoms with Crippen molar-refractivity contribution in [3.63, 3.8) is 0 Å². The molecule has 0 heterocycles. The lowest BCUT2D eigenvalue weighted by atomic mass is 10.0. The van der Waals surface area contributed by atoms with E-state index in [2.05, 4.69) is 30.8 Å². The van der Waals surface area contributed by atoms with E-state index < -0.39 is 11.9 Å². The van der Waals surface area contributed by atoms with Crippen molar-refractivity contribution in [1.29, 1.82) is 0 Å². The van der Waals surface area contributed by atoms with Crippen LogP contribution in [0.5, 0.6) is 23.0 Å². The van der Waals surface area contributed by atoms with E-state index >= 15 is 0 Å². The molecule has 5 aromatic rings. The van der Waals surface area contributed by atoms with Crippen LogP contribution < -0.4 is 18.9 Å². The number of hydrogen-bond donors (Lipinski definition) is 0. The number of hydrogen-bond acceptors (Lipinski definition) is 8. The van der Waals surface area contributed by atoms with Gasteiger partial charge in [-0.15, -0.1) is 0 Å². The van der Waals surface area contributed by atoms with Crippen molar-refractivity contribution in [2.45, 2.75) is 207 Å². The molecule has 0 saturated carbocycles. The van der Waals surface area contributed by atoms with Gasteiger partial charge in [0.1, 0.15) is 23.0 Å². The molecule has 0 aromatic heterocycles. The molecule has 0 radical (unpaired) electrons. The average molecular weight is 1030 g/mol. The Hall–Kier alpha value is -6.02. The number of carbonyl (C=O) groups excluding carboxylic acids is 2. The summed E-state index contributed by atoms with van der Waals surface area (Å²) in [7, 11) is 0. The largest absolute Gasteiger partial charge is 0.494 e. The summed E-state index contributed by atoms with van der Waals surface area (Å²) in [6.07, 6.45) is 40.4. The topological polar surface area (TPSA) is 95.8 Å². The molecule has 410 valence electrons. The van der Waals surface area contributed by atoms with E-state index in [0.717, 1.165) is 86.3 Å². The van der Waals surface area contributed by atoms with Crippen LogP contribution in [0, 0.1) is 0 Å². The zero-order valence-electron chi connectivity index (χ0n) is 46.9. The highest BCUT2D eigenvalue weighted by atomic mass is 16.5. The summed E-state index contributed by atoms with van der Waals surface area (Å²) >= 11 is 0. The van der Waals surface area contributed by atoms with Crippen LogP contribution in [-0.4, -0.2) is 37.6 Å². The highest BCUT2D eigenvalue weighted by Gasteiger charge is 2.16. The molecular weight excluding hydrogens is 941 g/mol. The van der Waals surface area contributed by atoms with E-state index in [9.17, 15) is 9.59 Å². The third-order valence-corrected chi connectivity index (χ3v) is 14.0. The minimum absolute atomic E-state index is 0.289. The lowest BCUT2D eigenvalue weighted by molar-refractivity contribution is 0.0731. The predicted molar refractivity (Wildman–Crippen MR) is 318 cm³/mol. The van der Waals surface area contributed by atoms with Crippen LogP contribution in [0.4, 0.5) is 11.4 Å². The summed E-state index contributed by atoms with van der Waals surface area (Å²) in [5, 5.41) is 0. The number of aryl methyl sites for hydroxylation is 1. The quantitative estimate of drug-likeness (QED) is 0.0167. The van der Waals surface area contributed by atoms with Crippen molar-refractivity contribution < 1.29 is 28.5 Å². The summed E-state index contributed by atoms with van der Waals surface area (Å²) in [6.45, 7) is 8.20. The standard InChI is InChI=1S/C68H92N2O6/c1-4-7-10-13-15-17-19-21-23-25-27-30-51-73-63-46-33-56(34-47-63)54-69-61-42-37-59(38-43-61)67(71)75-65-50-41-58(32-29-12-9-6-3)66(53-65)76-68(72)60-39-44-62(45-40-60)70-55-57-35-48-64(49-36-57)74-52-31-28-26-24-22-20-18-16-14-11-8-5-2/h33-50,53-55H,4-32,51-52H2,1-3H3. The maximum absolute atomic E-state index is 13.5. The number of nitrogens with zero attached hydrogens (tertiary/aromatic N) is 2. The van der Waals surface area contributed by atoms with Gasteiger partial charge in [0.15, 0.2) is 0 Å². The molecule has 0 aliphatic rings. The molecule has 5 aromatic carbocycles. The maximum Gasteiger partial charge on any atom is 0.343 e. The van der Waals surface area contributed by atoms with E-state index in [1.54, 1.807) is 73.1 Å². The second-order valence-electron chi connectivity index (χ2n) is 20.6. The molecule has 0 N–H and O–H groups in total. The zero-order valence-corrected chi connectivity index (χ0v) is 46.9. The number of esters is 2. The van der Waals surface area contributed by atoms with E-state index in [4.69, 9.17) is 18.9 Å². The minimum Gasteiger partial charge on any atom is -0.494 e. The number of ether oxygens (including phenoxy) is 4. The van der Waals surface area contributed by atoms with Crippen LogP contribution in [-0.2, 0) is 6.42 Å². The van der Waals surface area contributed by atoms with Crippen LogP contribution in [0.1, 0.15) is 238 Å². The monoisotopic (exact) mass is 1030 g/mol. The molecular formula is C68H92N2O6. The van der Waals surface area contributed by atoms with Crippen molar-refractivity contribution in [1.82, 2.24) is 0 Å². The smallest absolute Gasteiger partial charge is 0.343 e. The normalized spacial score (nSPS) is 11.4. The van der Waals surface area contributed by atoms with E-state index in [1.165, 1.54) is 141 Å². The molecule has 8 heteroatoms. The van der Waals surface area contributed by atoms with Crippen LogP contribution in [0.2, 0.25) is 0 Å². The molecule has 0 fully saturated rings. The van der Waals surface area contributed by atoms with Gasteiger partial charge in [-0.1, -0.05) is 187 Å². The van der Waals surface area contributed by atoms with Gasteiger partial charge in [-0.3, -0.25) is 9.98 Å². The Morgan fingerprint density at radius 1 is 0.368 bits per heavy atom. The summed E-state index contributed by atoms with van der Waals surface area (Å²) in [4.78, 5) is 36.1. The Morgan fingerprint density at radius 2 is 0.711 bits per heavy atom. The third-order valence-electron chi connectivity index (χ3n) is 14.0. The van der Waals surface area contributed by atoms with Gasteiger partial charge < -0.3 is 18.9 Å². The van der Waals surface area contributed by atoms with E-state index in [1.807, 2.05) is 54.6 Å². The first-order valence-corrected chi connectivity index (χ1v) is 29.7. The van der Waals surface area contributed by atoms with Crippen LogP contribution in [0.3, 0.4) is 0 Å². The number of aliphatic imine (C=N–C) groups is 2. The molecule has 0 saturated heterocycles. The van der Waals surface area contributed by atoms with E-state index in [0.29, 0.717) is 28.3 Å². The van der Waals surface area contributed by atoms with Gasteiger partial charge in [-0.2, -0.15) is 0 Å². The molecule has 0 unspecified atom stereocenters. The van der Waals surface area contributed by atoms with Crippen molar-refractivity contribution in [2.75, 3.05) is 13.2 Å². The molecule has 0 amide bonds. The Kier molecular flexibility index (Phi) is 30.8. The number of carbonyl (C=O) groups is 2. The van der Waals surface area contributed by atoms with Crippen molar-refractivity contribution >= 4 is 35.7 Å². The fraction of sp³-hybridized carbons (Fsp3) is 0.500. The first kappa shape index (κ1) is 60.8. The summed E-state index contributed by atoms with van der Waals surface area (Å²) in [5.74, 6) is 1.37. The first-order chi connectivity index (χ1) is 37.4. The van der Waals surface area contributed by atoms with Crippen molar-refractivity contribution in [3.8, 4) is 23.0 Å². The number of rotatable bonds is 41. The van der Waals surface area contributed by atoms with Crippen LogP contribution in [0.15, 0.2) is 125 Å². The molecule has 76 heavy (non-hydrogen) atoms. The summed E-state index contributed by atoms with van der Waals surface area (Å²) in [6, 6.07) is 35.2. The molecule has 0 atom stereocenters. The molecule has 8 nitrogen and oxygen atoms in total. The number of benzene rings is 5. The zero-order chi connectivity index (χ0) is 53.5. The lowest BCUT2D eigenvalue weighted by Gasteiger charge is -2.13. The van der Waals surface area contributed by atoms with Gasteiger partial charge in [0.25, 0.3) is 0 Å². The van der Waals surface area contributed by atoms with Crippen LogP contribution in [0.25, 0.3) is 0 Å². The molecule has 0 aliphatic heterocycles.